The minimum Gasteiger partial charge on any atom is -0.0620 e. The Kier molecular flexibility index (Phi) is 19.5. The molecule has 63 heavy (non-hydrogen) atoms. The summed E-state index contributed by atoms with van der Waals surface area (Å²) in [4.78, 5) is 5.42. The first-order chi connectivity index (χ1) is 30.5. The van der Waals surface area contributed by atoms with Crippen LogP contribution in [0.1, 0.15) is 108 Å². The maximum absolute atomic E-state index is 5.94. The summed E-state index contributed by atoms with van der Waals surface area (Å²) < 4.78 is 5.94. The van der Waals surface area contributed by atoms with Crippen LogP contribution in [0.5, 0.6) is 0 Å². The molecule has 0 fully saturated rings. The minimum atomic E-state index is -2.46. The first kappa shape index (κ1) is 49.7. The maximum Gasteiger partial charge on any atom is 0.102 e. The van der Waals surface area contributed by atoms with Crippen LogP contribution in [0, 0.1) is 6.16 Å². The minimum absolute atomic E-state index is 0.358. The predicted molar refractivity (Wildman–Crippen MR) is 280 cm³/mol. The second kappa shape index (κ2) is 24.7. The molecule has 7 aromatic rings. The van der Waals surface area contributed by atoms with Crippen LogP contribution < -0.4 is 26.5 Å². The molecule has 0 saturated heterocycles. The van der Waals surface area contributed by atoms with E-state index in [-0.39, 0.29) is 0 Å². The smallest absolute Gasteiger partial charge is 0.0620 e. The van der Waals surface area contributed by atoms with Gasteiger partial charge in [0, 0.05) is 0 Å². The number of aliphatic imine (C=N–C) groups is 1. The molecule has 6 heteroatoms. The summed E-state index contributed by atoms with van der Waals surface area (Å²) in [6.07, 6.45) is 2.40. The van der Waals surface area contributed by atoms with Crippen molar-refractivity contribution < 1.29 is 18.2 Å². The van der Waals surface area contributed by atoms with Crippen molar-refractivity contribution in [3.8, 4) is 0 Å². The van der Waals surface area contributed by atoms with Crippen LogP contribution in [0.2, 0.25) is 0 Å². The molecule has 7 aromatic carbocycles. The standard InChI is InChI=1S/C39H48N2P.C18H15P.ClH.Pd/c1-27(2)34-22-16-23-35(28(3)4)38(34)40-31(9)26-42(32-18-12-10-13-19-32,33-20-14-11-15-21-33)41-39-36(29(5)6)24-17-25-37(39)30(7)8;1-4-10-16(11-5-1)19(17-12-6-2-7-13-17)18-14-8-3-9-15-18;;/h10-30H,1-9H3;1-15H;1H;/q-1;;;+2. The Balaban J connectivity index is 0.000000294. The number of nitrogens with zero attached hydrogens (tertiary/aromatic N) is 2. The molecule has 0 saturated carbocycles. The van der Waals surface area contributed by atoms with Crippen molar-refractivity contribution in [2.24, 2.45) is 9.74 Å². The van der Waals surface area contributed by atoms with E-state index < -0.39 is 15.0 Å². The van der Waals surface area contributed by atoms with Crippen LogP contribution in [-0.2, 0) is 18.2 Å². The molecule has 328 valence electrons. The summed E-state index contributed by atoms with van der Waals surface area (Å²) in [6.45, 7) is 20.3. The fourth-order valence-electron chi connectivity index (χ4n) is 7.97. The Morgan fingerprint density at radius 3 is 1.02 bits per heavy atom. The first-order valence-electron chi connectivity index (χ1n) is 22.0. The number of hydrogen-bond acceptors (Lipinski definition) is 2. The molecular formula is C57H64ClN2P2Pd+. The van der Waals surface area contributed by atoms with E-state index in [9.17, 15) is 0 Å². The van der Waals surface area contributed by atoms with Gasteiger partial charge in [-0.25, -0.2) is 0 Å². The zero-order valence-corrected chi connectivity index (χ0v) is 42.5. The third kappa shape index (κ3) is 12.9. The van der Waals surface area contributed by atoms with Gasteiger partial charge in [-0.3, -0.25) is 15.9 Å². The van der Waals surface area contributed by atoms with Gasteiger partial charge in [0.1, 0.15) is 15.9 Å². The van der Waals surface area contributed by atoms with Crippen molar-refractivity contribution in [1.29, 1.82) is 0 Å². The van der Waals surface area contributed by atoms with Gasteiger partial charge in [0.2, 0.25) is 0 Å². The fraction of sp³-hybridized carbons (Fsp3) is 0.228. The van der Waals surface area contributed by atoms with E-state index in [1.807, 2.05) is 0 Å². The maximum atomic E-state index is 5.94. The average molecular weight is 981 g/mol. The van der Waals surface area contributed by atoms with Crippen LogP contribution >= 0.6 is 24.5 Å². The zero-order valence-electron chi connectivity index (χ0n) is 38.3. The van der Waals surface area contributed by atoms with E-state index in [0.29, 0.717) is 23.7 Å². The van der Waals surface area contributed by atoms with Gasteiger partial charge in [-0.05, 0) is 92.9 Å². The Morgan fingerprint density at radius 2 is 0.714 bits per heavy atom. The molecule has 0 atom stereocenters. The largest absolute Gasteiger partial charge is 0.102 e. The normalized spacial score (nSPS) is 11.6. The predicted octanol–water partition coefficient (Wildman–Crippen LogP) is 15.5. The molecule has 0 spiro atoms. The van der Waals surface area contributed by atoms with Crippen LogP contribution in [0.3, 0.4) is 0 Å². The van der Waals surface area contributed by atoms with E-state index in [1.54, 1.807) is 0 Å². The van der Waals surface area contributed by atoms with E-state index in [2.05, 4.69) is 284 Å². The molecule has 0 aromatic heterocycles. The van der Waals surface area contributed by atoms with Crippen LogP contribution in [-0.4, -0.2) is 5.71 Å². The van der Waals surface area contributed by atoms with E-state index in [4.69, 9.17) is 9.74 Å². The fourth-order valence-corrected chi connectivity index (χ4v) is 13.8. The van der Waals surface area contributed by atoms with Crippen molar-refractivity contribution in [1.82, 2.24) is 0 Å². The molecule has 0 N–H and O–H groups in total. The molecular weight excluding hydrogens is 916 g/mol. The van der Waals surface area contributed by atoms with Gasteiger partial charge in [0.15, 0.2) is 0 Å². The monoisotopic (exact) mass is 979 g/mol. The first-order valence-corrected chi connectivity index (χ1v) is 27.4. The molecule has 0 unspecified atom stereocenters. The molecule has 2 nitrogen and oxygen atoms in total. The second-order valence-electron chi connectivity index (χ2n) is 17.0. The van der Waals surface area contributed by atoms with Crippen molar-refractivity contribution in [2.45, 2.75) is 86.0 Å². The van der Waals surface area contributed by atoms with Crippen LogP contribution in [0.15, 0.2) is 198 Å². The van der Waals surface area contributed by atoms with Crippen molar-refractivity contribution in [3.05, 3.63) is 216 Å². The molecule has 0 radical (unpaired) electrons. The molecule has 0 bridgehead atoms. The van der Waals surface area contributed by atoms with Gasteiger partial charge in [-0.2, -0.15) is 0 Å². The van der Waals surface area contributed by atoms with Gasteiger partial charge < -0.3 is 0 Å². The van der Waals surface area contributed by atoms with E-state index in [0.717, 1.165) is 17.1 Å². The number of hydrogen-bond donors (Lipinski definition) is 0. The summed E-state index contributed by atoms with van der Waals surface area (Å²) in [5.41, 5.74) is 8.44. The van der Waals surface area contributed by atoms with Gasteiger partial charge in [-0.15, -0.1) is 5.71 Å². The molecule has 0 heterocycles. The molecule has 0 aliphatic carbocycles. The Hall–Kier alpha value is -4.31. The van der Waals surface area contributed by atoms with E-state index in [1.165, 1.54) is 48.8 Å². The second-order valence-corrected chi connectivity index (χ2v) is 22.3. The van der Waals surface area contributed by atoms with Gasteiger partial charge in [0.05, 0.1) is 19.3 Å². The van der Waals surface area contributed by atoms with Crippen molar-refractivity contribution in [2.75, 3.05) is 0 Å². The average Bonchev–Trinajstić information content (AvgIpc) is 3.31. The van der Waals surface area contributed by atoms with Gasteiger partial charge in [0.25, 0.3) is 0 Å². The third-order valence-electron chi connectivity index (χ3n) is 11.1. The van der Waals surface area contributed by atoms with Crippen LogP contribution in [0.4, 0.5) is 11.4 Å². The summed E-state index contributed by atoms with van der Waals surface area (Å²) in [5.74, 6) is 1.48. The third-order valence-corrected chi connectivity index (χ3v) is 17.3. The number of rotatable bonds is 13. The molecule has 7 rings (SSSR count). The molecule has 0 aliphatic rings. The van der Waals surface area contributed by atoms with Crippen LogP contribution in [0.25, 0.3) is 0 Å². The Bertz CT molecular complexity index is 2330. The van der Waals surface area contributed by atoms with E-state index >= 15 is 0 Å². The Morgan fingerprint density at radius 1 is 0.429 bits per heavy atom. The van der Waals surface area contributed by atoms with Gasteiger partial charge in [-0.1, -0.05) is 221 Å². The molecule has 0 aliphatic heterocycles. The summed E-state index contributed by atoms with van der Waals surface area (Å²) in [7, 11) is 1.15. The summed E-state index contributed by atoms with van der Waals surface area (Å²) >= 11 is 2.22. The SMILES string of the molecule is CC([CH-]P(=Nc1c(C(C)C)cccc1C(C)C)(c1ccccc1)c1ccccc1)=Nc1c(C(C)C)cccc1C(C)C.[Cl][Pd+].c1ccc([PH+](c2ccccc2)c2ccccc2)cc1. The van der Waals surface area contributed by atoms with Gasteiger partial charge >= 0.3 is 27.7 Å². The zero-order chi connectivity index (χ0) is 45.4. The van der Waals surface area contributed by atoms with Crippen molar-refractivity contribution in [3.63, 3.8) is 0 Å². The quantitative estimate of drug-likeness (QED) is 0.0476. The van der Waals surface area contributed by atoms with Crippen molar-refractivity contribution >= 4 is 68.1 Å². The summed E-state index contributed by atoms with van der Waals surface area (Å²) in [5, 5.41) is 6.78. The topological polar surface area (TPSA) is 24.7 Å². The molecule has 0 amide bonds. The summed E-state index contributed by atoms with van der Waals surface area (Å²) in [6, 6.07) is 67.6. The number of halogens is 1. The Labute approximate surface area is 395 Å². The number of para-hydroxylation sites is 1. The number of benzene rings is 7.